The average molecular weight is 283 g/mol. The number of anilines is 1. The molecular formula is C14H16Cl2N2. The molecule has 0 saturated carbocycles. The zero-order valence-electron chi connectivity index (χ0n) is 10.4. The molecule has 3 N–H and O–H groups in total. The van der Waals surface area contributed by atoms with E-state index in [1.807, 2.05) is 50.4 Å². The molecule has 0 spiro atoms. The molecule has 2 rings (SSSR count). The Kier molecular flexibility index (Phi) is 3.60. The van der Waals surface area contributed by atoms with E-state index in [2.05, 4.69) is 5.32 Å². The van der Waals surface area contributed by atoms with Gasteiger partial charge < -0.3 is 11.1 Å². The highest BCUT2D eigenvalue weighted by Crippen LogP contribution is 2.46. The van der Waals surface area contributed by atoms with E-state index in [9.17, 15) is 0 Å². The molecule has 1 unspecified atom stereocenters. The standard InChI is InChI=1S/C14H16Cl2N2/c1-9-12(10-3-5-11(17)6-4-10)7-8-13(18-2)14(9,15)16/h3-9,18H,17H2,1-2H3. The molecule has 1 aliphatic carbocycles. The van der Waals surface area contributed by atoms with Crippen LogP contribution < -0.4 is 11.1 Å². The molecule has 1 atom stereocenters. The van der Waals surface area contributed by atoms with E-state index >= 15 is 0 Å². The lowest BCUT2D eigenvalue weighted by molar-refractivity contribution is 0.647. The van der Waals surface area contributed by atoms with Gasteiger partial charge in [0.25, 0.3) is 0 Å². The Labute approximate surface area is 117 Å². The van der Waals surface area contributed by atoms with Gasteiger partial charge in [-0.15, -0.1) is 0 Å². The van der Waals surface area contributed by atoms with Crippen LogP contribution in [-0.2, 0) is 0 Å². The van der Waals surface area contributed by atoms with Crippen molar-refractivity contribution >= 4 is 34.5 Å². The van der Waals surface area contributed by atoms with Crippen LogP contribution in [-0.4, -0.2) is 11.4 Å². The Morgan fingerprint density at radius 1 is 1.17 bits per heavy atom. The van der Waals surface area contributed by atoms with Crippen molar-refractivity contribution in [2.45, 2.75) is 11.3 Å². The fourth-order valence-electron chi connectivity index (χ4n) is 2.13. The summed E-state index contributed by atoms with van der Waals surface area (Å²) >= 11 is 12.9. The lowest BCUT2D eigenvalue weighted by atomic mass is 9.86. The number of alkyl halides is 2. The number of nitrogen functional groups attached to an aromatic ring is 1. The van der Waals surface area contributed by atoms with Gasteiger partial charge in [0.2, 0.25) is 0 Å². The topological polar surface area (TPSA) is 38.0 Å². The summed E-state index contributed by atoms with van der Waals surface area (Å²) in [6.45, 7) is 2.02. The van der Waals surface area contributed by atoms with Crippen LogP contribution in [0, 0.1) is 5.92 Å². The van der Waals surface area contributed by atoms with E-state index in [1.54, 1.807) is 0 Å². The van der Waals surface area contributed by atoms with Gasteiger partial charge in [-0.3, -0.25) is 0 Å². The van der Waals surface area contributed by atoms with E-state index in [4.69, 9.17) is 28.9 Å². The first kappa shape index (κ1) is 13.3. The fourth-order valence-corrected chi connectivity index (χ4v) is 2.68. The second kappa shape index (κ2) is 4.87. The number of rotatable bonds is 2. The van der Waals surface area contributed by atoms with E-state index in [0.29, 0.717) is 0 Å². The minimum absolute atomic E-state index is 0.00286. The van der Waals surface area contributed by atoms with E-state index < -0.39 is 4.33 Å². The highest BCUT2D eigenvalue weighted by molar-refractivity contribution is 6.51. The number of nitrogens with one attached hydrogen (secondary N) is 1. The maximum absolute atomic E-state index is 6.43. The first-order valence-electron chi connectivity index (χ1n) is 5.80. The predicted molar refractivity (Wildman–Crippen MR) is 79.6 cm³/mol. The number of halogens is 2. The molecule has 1 aromatic rings. The SMILES string of the molecule is CNC1=CC=C(c2ccc(N)cc2)C(C)C1(Cl)Cl. The first-order chi connectivity index (χ1) is 8.46. The van der Waals surface area contributed by atoms with Gasteiger partial charge in [0.15, 0.2) is 4.33 Å². The normalized spacial score (nSPS) is 22.1. The Hall–Kier alpha value is -1.12. The van der Waals surface area contributed by atoms with E-state index in [0.717, 1.165) is 22.5 Å². The van der Waals surface area contributed by atoms with Crippen LogP contribution in [0.1, 0.15) is 12.5 Å². The Morgan fingerprint density at radius 2 is 1.78 bits per heavy atom. The minimum Gasteiger partial charge on any atom is -0.399 e. The molecule has 1 aliphatic rings. The highest BCUT2D eigenvalue weighted by Gasteiger charge is 2.39. The molecule has 4 heteroatoms. The summed E-state index contributed by atoms with van der Waals surface area (Å²) in [5, 5.41) is 3.04. The molecule has 0 radical (unpaired) electrons. The Morgan fingerprint density at radius 3 is 2.33 bits per heavy atom. The van der Waals surface area contributed by atoms with Crippen molar-refractivity contribution in [2.24, 2.45) is 5.92 Å². The summed E-state index contributed by atoms with van der Waals surface area (Å²) in [5.41, 5.74) is 9.46. The molecule has 0 fully saturated rings. The van der Waals surface area contributed by atoms with Crippen molar-refractivity contribution in [3.05, 3.63) is 47.7 Å². The molecule has 18 heavy (non-hydrogen) atoms. The van der Waals surface area contributed by atoms with Gasteiger partial charge in [-0.2, -0.15) is 0 Å². The van der Waals surface area contributed by atoms with Crippen LogP contribution in [0.4, 0.5) is 5.69 Å². The van der Waals surface area contributed by atoms with E-state index in [1.165, 1.54) is 0 Å². The molecule has 0 aromatic heterocycles. The number of hydrogen-bond acceptors (Lipinski definition) is 2. The summed E-state index contributed by atoms with van der Waals surface area (Å²) in [5.74, 6) is -0.00286. The molecule has 1 aromatic carbocycles. The molecule has 96 valence electrons. The number of benzene rings is 1. The van der Waals surface area contributed by atoms with Crippen molar-refractivity contribution in [1.82, 2.24) is 5.32 Å². The third-order valence-corrected chi connectivity index (χ3v) is 4.37. The van der Waals surface area contributed by atoms with E-state index in [-0.39, 0.29) is 5.92 Å². The van der Waals surface area contributed by atoms with Gasteiger partial charge in [0, 0.05) is 24.4 Å². The smallest absolute Gasteiger partial charge is 0.163 e. The largest absolute Gasteiger partial charge is 0.399 e. The van der Waals surface area contributed by atoms with Gasteiger partial charge in [-0.05, 0) is 29.3 Å². The highest BCUT2D eigenvalue weighted by atomic mass is 35.5. The van der Waals surface area contributed by atoms with Crippen molar-refractivity contribution in [2.75, 3.05) is 12.8 Å². The quantitative estimate of drug-likeness (QED) is 0.643. The monoisotopic (exact) mass is 282 g/mol. The third kappa shape index (κ3) is 2.23. The lowest BCUT2D eigenvalue weighted by Crippen LogP contribution is -2.34. The fraction of sp³-hybridized carbons (Fsp3) is 0.286. The van der Waals surface area contributed by atoms with Gasteiger partial charge in [-0.1, -0.05) is 48.3 Å². The van der Waals surface area contributed by atoms with Crippen LogP contribution in [0.15, 0.2) is 42.1 Å². The molecule has 0 bridgehead atoms. The van der Waals surface area contributed by atoms with Crippen LogP contribution in [0.2, 0.25) is 0 Å². The molecule has 0 heterocycles. The molecule has 0 saturated heterocycles. The Bertz CT molecular complexity index is 501. The first-order valence-corrected chi connectivity index (χ1v) is 6.56. The lowest BCUT2D eigenvalue weighted by Gasteiger charge is -2.34. The van der Waals surface area contributed by atoms with Gasteiger partial charge in [0.05, 0.1) is 0 Å². The Balaban J connectivity index is 2.43. The summed E-state index contributed by atoms with van der Waals surface area (Å²) in [7, 11) is 1.82. The number of nitrogens with two attached hydrogens (primary N) is 1. The van der Waals surface area contributed by atoms with Gasteiger partial charge in [0.1, 0.15) is 0 Å². The van der Waals surface area contributed by atoms with Crippen LogP contribution in [0.25, 0.3) is 5.57 Å². The number of allylic oxidation sites excluding steroid dienone is 4. The minimum atomic E-state index is -0.930. The van der Waals surface area contributed by atoms with Crippen molar-refractivity contribution < 1.29 is 0 Å². The van der Waals surface area contributed by atoms with Gasteiger partial charge in [-0.25, -0.2) is 0 Å². The van der Waals surface area contributed by atoms with Crippen LogP contribution >= 0.6 is 23.2 Å². The summed E-state index contributed by atoms with van der Waals surface area (Å²) in [4.78, 5) is 0. The summed E-state index contributed by atoms with van der Waals surface area (Å²) in [6.07, 6.45) is 3.97. The predicted octanol–water partition coefficient (Wildman–Crippen LogP) is 3.58. The van der Waals surface area contributed by atoms with Crippen molar-refractivity contribution in [3.63, 3.8) is 0 Å². The molecule has 2 nitrogen and oxygen atoms in total. The van der Waals surface area contributed by atoms with Crippen LogP contribution in [0.5, 0.6) is 0 Å². The average Bonchev–Trinajstić information content (AvgIpc) is 2.34. The molecule has 0 amide bonds. The third-order valence-electron chi connectivity index (χ3n) is 3.31. The van der Waals surface area contributed by atoms with Crippen LogP contribution in [0.3, 0.4) is 0 Å². The summed E-state index contributed by atoms with van der Waals surface area (Å²) < 4.78 is -0.930. The van der Waals surface area contributed by atoms with Crippen molar-refractivity contribution in [3.8, 4) is 0 Å². The number of hydrogen-bond donors (Lipinski definition) is 2. The van der Waals surface area contributed by atoms with Crippen molar-refractivity contribution in [1.29, 1.82) is 0 Å². The van der Waals surface area contributed by atoms with Gasteiger partial charge >= 0.3 is 0 Å². The zero-order valence-corrected chi connectivity index (χ0v) is 11.9. The molecular weight excluding hydrogens is 267 g/mol. The maximum atomic E-state index is 6.43. The second-order valence-corrected chi connectivity index (χ2v) is 5.80. The molecule has 0 aliphatic heterocycles. The maximum Gasteiger partial charge on any atom is 0.163 e. The second-order valence-electron chi connectivity index (χ2n) is 4.42. The zero-order chi connectivity index (χ0) is 13.3. The summed E-state index contributed by atoms with van der Waals surface area (Å²) in [6, 6.07) is 7.73.